The Hall–Kier alpha value is -2.33. The molecule has 130 valence electrons. The molecule has 1 fully saturated rings. The summed E-state index contributed by atoms with van der Waals surface area (Å²) in [6, 6.07) is 19.0. The molecule has 0 saturated carbocycles. The molecule has 4 heteroatoms. The molecule has 2 aromatic rings. The maximum atomic E-state index is 12.9. The molecule has 2 atom stereocenters. The average Bonchev–Trinajstić information content (AvgIpc) is 3.10. The zero-order chi connectivity index (χ0) is 17.2. The van der Waals surface area contributed by atoms with Gasteiger partial charge in [-0.2, -0.15) is 0 Å². The minimum atomic E-state index is -0.0227. The smallest absolute Gasteiger partial charge is 0.312 e. The van der Waals surface area contributed by atoms with Crippen molar-refractivity contribution in [1.29, 1.82) is 0 Å². The minimum absolute atomic E-state index is 0.00973. The summed E-state index contributed by atoms with van der Waals surface area (Å²) in [7, 11) is 0. The molecule has 0 radical (unpaired) electrons. The average molecular weight is 335 g/mol. The lowest BCUT2D eigenvalue weighted by atomic mass is 9.93. The number of amides is 2. The fraction of sp³-hybridized carbons (Fsp3) is 0.381. The molecule has 1 unspecified atom stereocenters. The van der Waals surface area contributed by atoms with Crippen LogP contribution in [0.3, 0.4) is 0 Å². The van der Waals surface area contributed by atoms with Crippen LogP contribution in [0.5, 0.6) is 0 Å². The highest BCUT2D eigenvalue weighted by molar-refractivity contribution is 5.93. The molecule has 4 nitrogen and oxygen atoms in total. The molecule has 2 amide bonds. The Morgan fingerprint density at radius 2 is 1.84 bits per heavy atom. The van der Waals surface area contributed by atoms with Gasteiger partial charge in [0, 0.05) is 23.8 Å². The second-order valence-corrected chi connectivity index (χ2v) is 6.91. The van der Waals surface area contributed by atoms with Gasteiger partial charge in [0.2, 0.25) is 0 Å². The van der Waals surface area contributed by atoms with Gasteiger partial charge in [0.15, 0.2) is 0 Å². The van der Waals surface area contributed by atoms with Crippen LogP contribution < -0.4 is 5.32 Å². The van der Waals surface area contributed by atoms with E-state index >= 15 is 0 Å². The van der Waals surface area contributed by atoms with Crippen molar-refractivity contribution >= 4 is 11.7 Å². The van der Waals surface area contributed by atoms with Gasteiger partial charge in [-0.3, -0.25) is 4.90 Å². The number of likely N-dealkylation sites (tertiary alicyclic amines) is 1. The summed E-state index contributed by atoms with van der Waals surface area (Å²) in [6.07, 6.45) is 2.39. The van der Waals surface area contributed by atoms with Gasteiger partial charge in [-0.1, -0.05) is 55.5 Å². The third-order valence-electron chi connectivity index (χ3n) is 5.50. The van der Waals surface area contributed by atoms with Crippen LogP contribution in [0.1, 0.15) is 36.9 Å². The molecule has 1 saturated heterocycles. The molecule has 25 heavy (non-hydrogen) atoms. The van der Waals surface area contributed by atoms with Crippen LogP contribution in [0.4, 0.5) is 10.5 Å². The largest absolute Gasteiger partial charge is 0.322 e. The van der Waals surface area contributed by atoms with Gasteiger partial charge in [-0.25, -0.2) is 4.79 Å². The lowest BCUT2D eigenvalue weighted by Gasteiger charge is -2.40. The van der Waals surface area contributed by atoms with E-state index in [1.54, 1.807) is 0 Å². The van der Waals surface area contributed by atoms with Crippen molar-refractivity contribution in [2.24, 2.45) is 0 Å². The van der Waals surface area contributed by atoms with Crippen LogP contribution in [0, 0.1) is 0 Å². The second-order valence-electron chi connectivity index (χ2n) is 6.91. The number of likely N-dealkylation sites (N-methyl/N-ethyl adjacent to an activating group) is 1. The molecular weight excluding hydrogens is 310 g/mol. The first-order valence-corrected chi connectivity index (χ1v) is 9.23. The van der Waals surface area contributed by atoms with Gasteiger partial charge in [0.05, 0.1) is 6.04 Å². The van der Waals surface area contributed by atoms with Crippen LogP contribution in [0.15, 0.2) is 54.6 Å². The third kappa shape index (κ3) is 3.02. The fourth-order valence-electron chi connectivity index (χ4n) is 4.25. The SMILES string of the molecule is CCN1CCC[C@H]1CN1C(=O)Nc2ccccc2C1c1ccccc1. The van der Waals surface area contributed by atoms with E-state index in [2.05, 4.69) is 53.5 Å². The first-order chi connectivity index (χ1) is 12.3. The van der Waals surface area contributed by atoms with Gasteiger partial charge in [0.25, 0.3) is 0 Å². The van der Waals surface area contributed by atoms with Gasteiger partial charge in [-0.05, 0) is 37.6 Å². The molecule has 0 bridgehead atoms. The van der Waals surface area contributed by atoms with Crippen LogP contribution in [0.2, 0.25) is 0 Å². The Morgan fingerprint density at radius 1 is 1.08 bits per heavy atom. The zero-order valence-corrected chi connectivity index (χ0v) is 14.7. The molecule has 0 spiro atoms. The van der Waals surface area contributed by atoms with Crippen molar-refractivity contribution in [1.82, 2.24) is 9.80 Å². The number of nitrogens with one attached hydrogen (secondary N) is 1. The van der Waals surface area contributed by atoms with E-state index in [0.717, 1.165) is 25.3 Å². The van der Waals surface area contributed by atoms with E-state index < -0.39 is 0 Å². The molecule has 1 N–H and O–H groups in total. The lowest BCUT2D eigenvalue weighted by molar-refractivity contribution is 0.160. The third-order valence-corrected chi connectivity index (χ3v) is 5.50. The number of hydrogen-bond acceptors (Lipinski definition) is 2. The Labute approximate surface area is 149 Å². The molecular formula is C21H25N3O. The molecule has 0 aliphatic carbocycles. The molecule has 2 aliphatic heterocycles. The van der Waals surface area contributed by atoms with Crippen molar-refractivity contribution < 1.29 is 4.79 Å². The number of carbonyl (C=O) groups is 1. The Balaban J connectivity index is 1.72. The number of anilines is 1. The maximum absolute atomic E-state index is 12.9. The first-order valence-electron chi connectivity index (χ1n) is 9.23. The summed E-state index contributed by atoms with van der Waals surface area (Å²) in [4.78, 5) is 17.4. The van der Waals surface area contributed by atoms with Crippen LogP contribution in [0.25, 0.3) is 0 Å². The van der Waals surface area contributed by atoms with E-state index in [1.165, 1.54) is 24.0 Å². The molecule has 2 aromatic carbocycles. The topological polar surface area (TPSA) is 35.6 Å². The normalized spacial score (nSPS) is 23.4. The van der Waals surface area contributed by atoms with Crippen molar-refractivity contribution in [2.75, 3.05) is 25.0 Å². The quantitative estimate of drug-likeness (QED) is 0.913. The number of fused-ring (bicyclic) bond motifs is 1. The van der Waals surface area contributed by atoms with Crippen LogP contribution in [-0.4, -0.2) is 41.5 Å². The van der Waals surface area contributed by atoms with Gasteiger partial charge >= 0.3 is 6.03 Å². The Bertz CT molecular complexity index is 746. The van der Waals surface area contributed by atoms with Crippen molar-refractivity contribution in [3.8, 4) is 0 Å². The number of urea groups is 1. The summed E-state index contributed by atoms with van der Waals surface area (Å²) >= 11 is 0. The summed E-state index contributed by atoms with van der Waals surface area (Å²) in [5.41, 5.74) is 3.27. The summed E-state index contributed by atoms with van der Waals surface area (Å²) in [5, 5.41) is 3.08. The molecule has 2 aliphatic rings. The number of hydrogen-bond donors (Lipinski definition) is 1. The Morgan fingerprint density at radius 3 is 2.64 bits per heavy atom. The number of nitrogens with zero attached hydrogens (tertiary/aromatic N) is 2. The number of benzene rings is 2. The predicted octanol–water partition coefficient (Wildman–Crippen LogP) is 4.11. The highest BCUT2D eigenvalue weighted by atomic mass is 16.2. The lowest BCUT2D eigenvalue weighted by Crippen LogP contribution is -2.48. The highest BCUT2D eigenvalue weighted by Gasteiger charge is 2.36. The maximum Gasteiger partial charge on any atom is 0.322 e. The Kier molecular flexibility index (Phi) is 4.45. The van der Waals surface area contributed by atoms with E-state index in [-0.39, 0.29) is 12.1 Å². The second kappa shape index (κ2) is 6.89. The van der Waals surface area contributed by atoms with E-state index in [4.69, 9.17) is 0 Å². The standard InChI is InChI=1S/C21H25N3O/c1-2-23-14-8-11-17(23)15-24-20(16-9-4-3-5-10-16)18-12-6-7-13-19(18)22-21(24)25/h3-7,9-10,12-13,17,20H,2,8,11,14-15H2,1H3,(H,22,25)/t17-,20?/m0/s1. The predicted molar refractivity (Wildman–Crippen MR) is 101 cm³/mol. The van der Waals surface area contributed by atoms with Crippen molar-refractivity contribution in [3.63, 3.8) is 0 Å². The van der Waals surface area contributed by atoms with Crippen molar-refractivity contribution in [2.45, 2.75) is 31.8 Å². The highest BCUT2D eigenvalue weighted by Crippen LogP contribution is 2.38. The summed E-state index contributed by atoms with van der Waals surface area (Å²) in [5.74, 6) is 0. The van der Waals surface area contributed by atoms with Gasteiger partial charge in [-0.15, -0.1) is 0 Å². The van der Waals surface area contributed by atoms with Crippen LogP contribution in [-0.2, 0) is 0 Å². The molecule has 0 aromatic heterocycles. The fourth-order valence-corrected chi connectivity index (χ4v) is 4.25. The summed E-state index contributed by atoms with van der Waals surface area (Å²) < 4.78 is 0. The van der Waals surface area contributed by atoms with Crippen LogP contribution >= 0.6 is 0 Å². The van der Waals surface area contributed by atoms with E-state index in [1.807, 2.05) is 23.1 Å². The molecule has 4 rings (SSSR count). The number of carbonyl (C=O) groups excluding carboxylic acids is 1. The van der Waals surface area contributed by atoms with Gasteiger partial charge < -0.3 is 10.2 Å². The number of para-hydroxylation sites is 1. The van der Waals surface area contributed by atoms with Gasteiger partial charge in [0.1, 0.15) is 0 Å². The summed E-state index contributed by atoms with van der Waals surface area (Å²) in [6.45, 7) is 5.17. The number of rotatable bonds is 4. The molecule has 2 heterocycles. The first kappa shape index (κ1) is 16.2. The van der Waals surface area contributed by atoms with E-state index in [9.17, 15) is 4.79 Å². The monoisotopic (exact) mass is 335 g/mol. The minimum Gasteiger partial charge on any atom is -0.312 e. The van der Waals surface area contributed by atoms with Crippen molar-refractivity contribution in [3.05, 3.63) is 65.7 Å². The zero-order valence-electron chi connectivity index (χ0n) is 14.7. The van der Waals surface area contributed by atoms with E-state index in [0.29, 0.717) is 6.04 Å².